The summed E-state index contributed by atoms with van der Waals surface area (Å²) in [5.74, 6) is 9.01. The molecule has 0 heterocycles. The van der Waals surface area contributed by atoms with Gasteiger partial charge in [0.2, 0.25) is 0 Å². The maximum Gasteiger partial charge on any atom is 0.169 e. The van der Waals surface area contributed by atoms with Crippen LogP contribution in [-0.4, -0.2) is 0 Å². The van der Waals surface area contributed by atoms with Crippen molar-refractivity contribution in [3.63, 3.8) is 0 Å². The smallest absolute Gasteiger partial charge is 0.169 e. The third kappa shape index (κ3) is 5.47. The second kappa shape index (κ2) is 10.8. The molecule has 182 valence electrons. The maximum absolute atomic E-state index is 6.47. The Labute approximate surface area is 218 Å². The highest BCUT2D eigenvalue weighted by atomic mass is 16.5. The summed E-state index contributed by atoms with van der Waals surface area (Å²) in [6.07, 6.45) is 5.09. The number of ether oxygens (including phenoxy) is 2. The van der Waals surface area contributed by atoms with Gasteiger partial charge in [-0.05, 0) is 70.5 Å². The van der Waals surface area contributed by atoms with Gasteiger partial charge < -0.3 is 9.47 Å². The third-order valence-electron chi connectivity index (χ3n) is 7.13. The molecule has 5 aromatic rings. The summed E-state index contributed by atoms with van der Waals surface area (Å²) in [6.45, 7) is 0.967. The van der Waals surface area contributed by atoms with Crippen LogP contribution in [0.4, 0.5) is 0 Å². The Kier molecular flexibility index (Phi) is 6.78. The lowest BCUT2D eigenvalue weighted by Gasteiger charge is -2.16. The van der Waals surface area contributed by atoms with Gasteiger partial charge in [0.25, 0.3) is 0 Å². The zero-order valence-electron chi connectivity index (χ0n) is 21.0. The normalized spacial score (nSPS) is 13.4. The van der Waals surface area contributed by atoms with E-state index >= 15 is 0 Å². The van der Waals surface area contributed by atoms with Gasteiger partial charge in [-0.1, -0.05) is 97.5 Å². The van der Waals surface area contributed by atoms with Crippen LogP contribution in [0.25, 0.3) is 21.5 Å². The lowest BCUT2D eigenvalue weighted by Crippen LogP contribution is -2.01. The fourth-order valence-electron chi connectivity index (χ4n) is 5.08. The highest BCUT2D eigenvalue weighted by Crippen LogP contribution is 2.39. The van der Waals surface area contributed by atoms with Crippen LogP contribution in [0.1, 0.15) is 42.4 Å². The Bertz CT molecular complexity index is 1570. The van der Waals surface area contributed by atoms with E-state index in [0.717, 1.165) is 44.3 Å². The quantitative estimate of drug-likeness (QED) is 0.178. The van der Waals surface area contributed by atoms with E-state index in [-0.39, 0.29) is 0 Å². The molecule has 0 radical (unpaired) electrons. The second-order valence-electron chi connectivity index (χ2n) is 9.83. The van der Waals surface area contributed by atoms with Crippen LogP contribution in [0.5, 0.6) is 11.5 Å². The first kappa shape index (κ1) is 23.2. The molecule has 6 rings (SSSR count). The summed E-state index contributed by atoms with van der Waals surface area (Å²) in [5.41, 5.74) is 3.32. The molecular formula is C35H30O2. The van der Waals surface area contributed by atoms with Gasteiger partial charge in [0.05, 0.1) is 0 Å². The molecule has 1 fully saturated rings. The molecule has 0 bridgehead atoms. The van der Waals surface area contributed by atoms with Crippen molar-refractivity contribution in [3.8, 4) is 23.3 Å². The summed E-state index contributed by atoms with van der Waals surface area (Å²) in [4.78, 5) is 0. The number of rotatable bonds is 6. The summed E-state index contributed by atoms with van der Waals surface area (Å²) in [7, 11) is 0. The van der Waals surface area contributed by atoms with Crippen LogP contribution in [0, 0.1) is 17.8 Å². The van der Waals surface area contributed by atoms with Crippen LogP contribution in [0.2, 0.25) is 0 Å². The number of benzene rings is 5. The van der Waals surface area contributed by atoms with E-state index in [1.54, 1.807) is 0 Å². The zero-order valence-corrected chi connectivity index (χ0v) is 21.0. The summed E-state index contributed by atoms with van der Waals surface area (Å²) in [5, 5.41) is 4.55. The lowest BCUT2D eigenvalue weighted by atomic mass is 10.0. The average Bonchev–Trinajstić information content (AvgIpc) is 3.48. The molecular weight excluding hydrogens is 452 g/mol. The Morgan fingerprint density at radius 1 is 0.622 bits per heavy atom. The monoisotopic (exact) mass is 482 g/mol. The number of fused-ring (bicyclic) bond motifs is 2. The molecule has 0 N–H and O–H groups in total. The van der Waals surface area contributed by atoms with Crippen molar-refractivity contribution in [2.45, 2.75) is 38.9 Å². The van der Waals surface area contributed by atoms with Crippen molar-refractivity contribution in [1.29, 1.82) is 0 Å². The van der Waals surface area contributed by atoms with Gasteiger partial charge >= 0.3 is 0 Å². The van der Waals surface area contributed by atoms with Gasteiger partial charge in [0.1, 0.15) is 13.2 Å². The fraction of sp³-hybridized carbons (Fsp3) is 0.200. The molecule has 1 aliphatic carbocycles. The molecule has 0 unspecified atom stereocenters. The average molecular weight is 483 g/mol. The van der Waals surface area contributed by atoms with Crippen LogP contribution < -0.4 is 9.47 Å². The Balaban J connectivity index is 1.38. The highest BCUT2D eigenvalue weighted by molar-refractivity contribution is 6.02. The molecule has 0 aromatic heterocycles. The largest absolute Gasteiger partial charge is 0.485 e. The number of hydrogen-bond donors (Lipinski definition) is 0. The second-order valence-corrected chi connectivity index (χ2v) is 9.83. The molecule has 2 nitrogen and oxygen atoms in total. The van der Waals surface area contributed by atoms with E-state index in [1.807, 2.05) is 42.5 Å². The summed E-state index contributed by atoms with van der Waals surface area (Å²) >= 11 is 0. The third-order valence-corrected chi connectivity index (χ3v) is 7.13. The maximum atomic E-state index is 6.47. The van der Waals surface area contributed by atoms with Gasteiger partial charge in [-0.2, -0.15) is 0 Å². The van der Waals surface area contributed by atoms with Crippen molar-refractivity contribution in [3.05, 3.63) is 120 Å². The molecule has 37 heavy (non-hydrogen) atoms. The molecule has 0 saturated heterocycles. The van der Waals surface area contributed by atoms with Crippen LogP contribution >= 0.6 is 0 Å². The zero-order chi connectivity index (χ0) is 24.9. The van der Waals surface area contributed by atoms with Crippen molar-refractivity contribution in [2.75, 3.05) is 0 Å². The van der Waals surface area contributed by atoms with Gasteiger partial charge in [0, 0.05) is 16.9 Å². The Morgan fingerprint density at radius 2 is 1.30 bits per heavy atom. The highest BCUT2D eigenvalue weighted by Gasteiger charge is 2.14. The van der Waals surface area contributed by atoms with Gasteiger partial charge in [0.15, 0.2) is 11.5 Å². The molecule has 0 aliphatic heterocycles. The molecule has 0 spiro atoms. The topological polar surface area (TPSA) is 18.5 Å². The van der Waals surface area contributed by atoms with Gasteiger partial charge in [-0.25, -0.2) is 0 Å². The van der Waals surface area contributed by atoms with Crippen molar-refractivity contribution < 1.29 is 9.47 Å². The lowest BCUT2D eigenvalue weighted by molar-refractivity contribution is 0.259. The first-order chi connectivity index (χ1) is 18.3. The first-order valence-electron chi connectivity index (χ1n) is 13.2. The Hall–Kier alpha value is -4.22. The van der Waals surface area contributed by atoms with E-state index in [0.29, 0.717) is 19.1 Å². The summed E-state index contributed by atoms with van der Waals surface area (Å²) in [6, 6.07) is 35.6. The molecule has 1 saturated carbocycles. The van der Waals surface area contributed by atoms with Crippen molar-refractivity contribution in [1.82, 2.24) is 0 Å². The first-order valence-corrected chi connectivity index (χ1v) is 13.2. The van der Waals surface area contributed by atoms with E-state index in [1.165, 1.54) is 31.1 Å². The minimum atomic E-state index is 0.479. The van der Waals surface area contributed by atoms with Crippen LogP contribution in [0.3, 0.4) is 0 Å². The molecule has 5 aromatic carbocycles. The fourth-order valence-corrected chi connectivity index (χ4v) is 5.08. The number of hydrogen-bond acceptors (Lipinski definition) is 2. The predicted octanol–water partition coefficient (Wildman–Crippen LogP) is 8.69. The predicted molar refractivity (Wildman–Crippen MR) is 152 cm³/mol. The van der Waals surface area contributed by atoms with Crippen molar-refractivity contribution in [2.24, 2.45) is 5.92 Å². The minimum Gasteiger partial charge on any atom is -0.485 e. The van der Waals surface area contributed by atoms with E-state index in [9.17, 15) is 0 Å². The standard InChI is InChI=1S/C35H30O2/c1-3-11-28(12-4-1)24-36-34-20-19-31-22-30-18-17-27(16-15-26-9-7-8-10-26)21-32(30)23-33(31)35(34)37-25-29-13-5-2-6-14-29/h1-6,11-14,17-23,26H,7-10,24-25H2. The molecule has 0 atom stereocenters. The SMILES string of the molecule is C(#CC1CCCC1)c1ccc2cc3ccc(OCc4ccccc4)c(OCc4ccccc4)c3cc2c1. The van der Waals surface area contributed by atoms with Gasteiger partial charge in [-0.3, -0.25) is 0 Å². The van der Waals surface area contributed by atoms with E-state index < -0.39 is 0 Å². The van der Waals surface area contributed by atoms with E-state index in [2.05, 4.69) is 72.5 Å². The van der Waals surface area contributed by atoms with E-state index in [4.69, 9.17) is 9.47 Å². The molecule has 1 aliphatic rings. The van der Waals surface area contributed by atoms with Crippen molar-refractivity contribution >= 4 is 21.5 Å². The van der Waals surface area contributed by atoms with Crippen LogP contribution in [-0.2, 0) is 13.2 Å². The Morgan fingerprint density at radius 3 is 2.03 bits per heavy atom. The summed E-state index contributed by atoms with van der Waals surface area (Å²) < 4.78 is 12.8. The molecule has 2 heteroatoms. The van der Waals surface area contributed by atoms with Crippen LogP contribution in [0.15, 0.2) is 103 Å². The van der Waals surface area contributed by atoms with Gasteiger partial charge in [-0.15, -0.1) is 0 Å². The molecule has 0 amide bonds. The minimum absolute atomic E-state index is 0.479.